The van der Waals surface area contributed by atoms with Gasteiger partial charge in [-0.05, 0) is 55.8 Å². The molecule has 1 aromatic heterocycles. The molecule has 0 saturated heterocycles. The molecule has 1 heterocycles. The van der Waals surface area contributed by atoms with Gasteiger partial charge in [-0.15, -0.1) is 0 Å². The first-order chi connectivity index (χ1) is 14.4. The van der Waals surface area contributed by atoms with Crippen molar-refractivity contribution in [3.05, 3.63) is 81.9 Å². The number of Topliss-reactive ketones (excluding diaryl/α,β-unsaturated/α-hetero) is 1. The highest BCUT2D eigenvalue weighted by molar-refractivity contribution is 6.30. The first-order valence-electron chi connectivity index (χ1n) is 9.22. The fourth-order valence-electron chi connectivity index (χ4n) is 2.96. The van der Waals surface area contributed by atoms with Crippen LogP contribution in [0.4, 0.5) is 0 Å². The van der Waals surface area contributed by atoms with E-state index in [1.54, 1.807) is 50.2 Å². The molecule has 0 aliphatic heterocycles. The molecule has 0 aliphatic rings. The number of halogens is 1. The first kappa shape index (κ1) is 21.3. The van der Waals surface area contributed by atoms with E-state index in [1.807, 2.05) is 18.2 Å². The number of ketones is 1. The Hall–Kier alpha value is -3.43. The molecule has 2 aromatic carbocycles. The van der Waals surface area contributed by atoms with Crippen molar-refractivity contribution in [2.75, 3.05) is 7.11 Å². The third kappa shape index (κ3) is 4.94. The zero-order valence-corrected chi connectivity index (χ0v) is 17.6. The van der Waals surface area contributed by atoms with Crippen LogP contribution in [-0.2, 0) is 6.61 Å². The maximum Gasteiger partial charge on any atom is 0.187 e. The van der Waals surface area contributed by atoms with E-state index < -0.39 is 11.7 Å². The number of ether oxygens (including phenoxy) is 2. The van der Waals surface area contributed by atoms with Gasteiger partial charge in [-0.2, -0.15) is 5.26 Å². The Balaban J connectivity index is 1.82. The number of methoxy groups -OCH3 is 1. The van der Waals surface area contributed by atoms with E-state index in [0.29, 0.717) is 40.1 Å². The number of carbonyl (C=O) groups excluding carboxylic acids is 1. The molecular weight excluding hydrogens is 402 g/mol. The van der Waals surface area contributed by atoms with Crippen molar-refractivity contribution in [2.24, 2.45) is 0 Å². The summed E-state index contributed by atoms with van der Waals surface area (Å²) in [7, 11) is 1.49. The average Bonchev–Trinajstić information content (AvgIpc) is 2.73. The lowest BCUT2D eigenvalue weighted by molar-refractivity contribution is 0.0975. The van der Waals surface area contributed by atoms with Gasteiger partial charge in [0, 0.05) is 22.0 Å². The highest BCUT2D eigenvalue weighted by atomic mass is 35.5. The third-order valence-corrected chi connectivity index (χ3v) is 4.66. The van der Waals surface area contributed by atoms with Crippen molar-refractivity contribution in [1.82, 2.24) is 9.97 Å². The van der Waals surface area contributed by atoms with Crippen LogP contribution in [0.25, 0.3) is 0 Å². The minimum Gasteiger partial charge on any atom is -0.493 e. The Kier molecular flexibility index (Phi) is 6.65. The quantitative estimate of drug-likeness (QED) is 0.508. The molecule has 0 fully saturated rings. The van der Waals surface area contributed by atoms with Gasteiger partial charge in [-0.3, -0.25) is 4.79 Å². The summed E-state index contributed by atoms with van der Waals surface area (Å²) in [5.41, 5.74) is 2.67. The molecule has 0 N–H and O–H groups in total. The predicted octanol–water partition coefficient (Wildman–Crippen LogP) is 4.82. The lowest BCUT2D eigenvalue weighted by Gasteiger charge is -2.13. The monoisotopic (exact) mass is 421 g/mol. The Bertz CT molecular complexity index is 1090. The summed E-state index contributed by atoms with van der Waals surface area (Å²) in [6, 6.07) is 15.9. The smallest absolute Gasteiger partial charge is 0.187 e. The Morgan fingerprint density at radius 1 is 1.07 bits per heavy atom. The lowest BCUT2D eigenvalue weighted by atomic mass is 9.97. The van der Waals surface area contributed by atoms with Crippen molar-refractivity contribution in [2.45, 2.75) is 26.4 Å². The van der Waals surface area contributed by atoms with Crippen LogP contribution < -0.4 is 9.47 Å². The molecule has 0 amide bonds. The van der Waals surface area contributed by atoms with E-state index in [4.69, 9.17) is 21.1 Å². The van der Waals surface area contributed by atoms with Gasteiger partial charge >= 0.3 is 0 Å². The van der Waals surface area contributed by atoms with E-state index in [1.165, 1.54) is 7.11 Å². The number of aryl methyl sites for hydroxylation is 2. The molecule has 0 bridgehead atoms. The maximum atomic E-state index is 13.0. The number of benzene rings is 2. The van der Waals surface area contributed by atoms with Crippen LogP contribution in [0.3, 0.4) is 0 Å². The van der Waals surface area contributed by atoms with Gasteiger partial charge in [0.2, 0.25) is 0 Å². The van der Waals surface area contributed by atoms with E-state index in [2.05, 4.69) is 9.97 Å². The summed E-state index contributed by atoms with van der Waals surface area (Å²) in [5, 5.41) is 10.2. The number of nitriles is 1. The van der Waals surface area contributed by atoms with Gasteiger partial charge in [0.25, 0.3) is 0 Å². The predicted molar refractivity (Wildman–Crippen MR) is 113 cm³/mol. The van der Waals surface area contributed by atoms with E-state index >= 15 is 0 Å². The van der Waals surface area contributed by atoms with Gasteiger partial charge in [0.05, 0.1) is 13.2 Å². The SMILES string of the molecule is COc1cc(C(=O)C(C#N)c2nc(C)cc(C)n2)ccc1OCc1ccc(Cl)cc1. The number of carbonyl (C=O) groups is 1. The fraction of sp³-hybridized carbons (Fsp3) is 0.217. The lowest BCUT2D eigenvalue weighted by Crippen LogP contribution is -2.15. The largest absolute Gasteiger partial charge is 0.493 e. The minimum atomic E-state index is -1.10. The molecule has 0 saturated carbocycles. The first-order valence-corrected chi connectivity index (χ1v) is 9.60. The third-order valence-electron chi connectivity index (χ3n) is 4.40. The zero-order valence-electron chi connectivity index (χ0n) is 16.8. The van der Waals surface area contributed by atoms with Crippen LogP contribution in [0.15, 0.2) is 48.5 Å². The number of hydrogen-bond acceptors (Lipinski definition) is 6. The second-order valence-corrected chi connectivity index (χ2v) is 7.15. The topological polar surface area (TPSA) is 85.1 Å². The number of rotatable bonds is 7. The van der Waals surface area contributed by atoms with Gasteiger partial charge < -0.3 is 9.47 Å². The molecule has 3 rings (SSSR count). The molecular formula is C23H20ClN3O3. The summed E-state index contributed by atoms with van der Waals surface area (Å²) in [5.74, 6) is -0.422. The van der Waals surface area contributed by atoms with Crippen molar-refractivity contribution in [1.29, 1.82) is 5.26 Å². The number of aromatic nitrogens is 2. The molecule has 7 heteroatoms. The second kappa shape index (κ2) is 9.38. The van der Waals surface area contributed by atoms with E-state index in [0.717, 1.165) is 5.56 Å². The minimum absolute atomic E-state index is 0.196. The van der Waals surface area contributed by atoms with Crippen LogP contribution in [-0.4, -0.2) is 22.9 Å². The summed E-state index contributed by atoms with van der Waals surface area (Å²) in [4.78, 5) is 21.5. The maximum absolute atomic E-state index is 13.0. The molecule has 0 aliphatic carbocycles. The van der Waals surface area contributed by atoms with Crippen molar-refractivity contribution in [3.8, 4) is 17.6 Å². The standard InChI is InChI=1S/C23H20ClN3O3/c1-14-10-15(2)27-23(26-14)19(12-25)22(28)17-6-9-20(21(11-17)29-3)30-13-16-4-7-18(24)8-5-16/h4-11,19H,13H2,1-3H3. The fourth-order valence-corrected chi connectivity index (χ4v) is 3.09. The van der Waals surface area contributed by atoms with Crippen molar-refractivity contribution in [3.63, 3.8) is 0 Å². The van der Waals surface area contributed by atoms with Gasteiger partial charge in [0.15, 0.2) is 29.0 Å². The van der Waals surface area contributed by atoms with Crippen LogP contribution >= 0.6 is 11.6 Å². The normalized spacial score (nSPS) is 11.4. The summed E-state index contributed by atoms with van der Waals surface area (Å²) < 4.78 is 11.2. The van der Waals surface area contributed by atoms with Crippen LogP contribution in [0.5, 0.6) is 11.5 Å². The van der Waals surface area contributed by atoms with E-state index in [9.17, 15) is 10.1 Å². The molecule has 152 valence electrons. The highest BCUT2D eigenvalue weighted by Crippen LogP contribution is 2.31. The molecule has 1 atom stereocenters. The molecule has 1 unspecified atom stereocenters. The summed E-state index contributed by atoms with van der Waals surface area (Å²) in [6.45, 7) is 3.91. The van der Waals surface area contributed by atoms with Crippen LogP contribution in [0.2, 0.25) is 5.02 Å². The zero-order chi connectivity index (χ0) is 21.7. The summed E-state index contributed by atoms with van der Waals surface area (Å²) >= 11 is 5.90. The van der Waals surface area contributed by atoms with Crippen molar-refractivity contribution < 1.29 is 14.3 Å². The van der Waals surface area contributed by atoms with E-state index in [-0.39, 0.29) is 5.82 Å². The summed E-state index contributed by atoms with van der Waals surface area (Å²) in [6.07, 6.45) is 0. The van der Waals surface area contributed by atoms with Crippen LogP contribution in [0, 0.1) is 25.2 Å². The van der Waals surface area contributed by atoms with Gasteiger partial charge in [0.1, 0.15) is 6.61 Å². The molecule has 0 radical (unpaired) electrons. The Labute approximate surface area is 180 Å². The number of nitrogens with zero attached hydrogens (tertiary/aromatic N) is 3. The molecule has 30 heavy (non-hydrogen) atoms. The molecule has 6 nitrogen and oxygen atoms in total. The highest BCUT2D eigenvalue weighted by Gasteiger charge is 2.26. The average molecular weight is 422 g/mol. The Morgan fingerprint density at radius 3 is 2.33 bits per heavy atom. The molecule has 0 spiro atoms. The van der Waals surface area contributed by atoms with Crippen LogP contribution in [0.1, 0.15) is 39.1 Å². The van der Waals surface area contributed by atoms with Crippen molar-refractivity contribution >= 4 is 17.4 Å². The van der Waals surface area contributed by atoms with Gasteiger partial charge in [-0.25, -0.2) is 9.97 Å². The molecule has 3 aromatic rings. The second-order valence-electron chi connectivity index (χ2n) is 6.72. The Morgan fingerprint density at radius 2 is 1.73 bits per heavy atom. The number of hydrogen-bond donors (Lipinski definition) is 0. The van der Waals surface area contributed by atoms with Gasteiger partial charge in [-0.1, -0.05) is 23.7 Å².